The molecule has 3 N–H and O–H groups in total. The van der Waals surface area contributed by atoms with Crippen LogP contribution in [-0.4, -0.2) is 0 Å². The van der Waals surface area contributed by atoms with Crippen LogP contribution in [0.15, 0.2) is 42.5 Å². The van der Waals surface area contributed by atoms with Crippen molar-refractivity contribution < 1.29 is 4.39 Å². The molecule has 2 aromatic carbocycles. The van der Waals surface area contributed by atoms with E-state index in [0.717, 1.165) is 11.3 Å². The first-order valence-corrected chi connectivity index (χ1v) is 5.04. The van der Waals surface area contributed by atoms with Gasteiger partial charge < -0.3 is 11.1 Å². The third-order valence-electron chi connectivity index (χ3n) is 2.35. The van der Waals surface area contributed by atoms with E-state index in [2.05, 4.69) is 5.32 Å². The number of nitrogen functional groups attached to an aromatic ring is 1. The molecule has 2 aromatic rings. The van der Waals surface area contributed by atoms with Crippen molar-refractivity contribution in [3.05, 3.63) is 53.8 Å². The highest BCUT2D eigenvalue weighted by atomic mass is 19.1. The van der Waals surface area contributed by atoms with Crippen LogP contribution in [0.25, 0.3) is 0 Å². The molecule has 0 saturated heterocycles. The molecule has 2 nitrogen and oxygen atoms in total. The molecule has 0 amide bonds. The summed E-state index contributed by atoms with van der Waals surface area (Å²) in [5, 5.41) is 2.98. The molecule has 0 heterocycles. The summed E-state index contributed by atoms with van der Waals surface area (Å²) in [4.78, 5) is 0. The first-order chi connectivity index (χ1) is 7.66. The van der Waals surface area contributed by atoms with Gasteiger partial charge >= 0.3 is 0 Å². The van der Waals surface area contributed by atoms with E-state index in [-0.39, 0.29) is 5.82 Å². The maximum atomic E-state index is 13.4. The summed E-state index contributed by atoms with van der Waals surface area (Å²) < 4.78 is 13.4. The van der Waals surface area contributed by atoms with E-state index in [9.17, 15) is 4.39 Å². The number of nitrogens with two attached hydrogens (primary N) is 1. The second-order valence-corrected chi connectivity index (χ2v) is 3.70. The average Bonchev–Trinajstić information content (AvgIpc) is 2.27. The number of aryl methyl sites for hydroxylation is 1. The number of hydrogen-bond acceptors (Lipinski definition) is 2. The molecular weight excluding hydrogens is 203 g/mol. The first-order valence-electron chi connectivity index (χ1n) is 5.04. The maximum absolute atomic E-state index is 13.4. The van der Waals surface area contributed by atoms with Gasteiger partial charge in [0.1, 0.15) is 5.82 Å². The zero-order valence-corrected chi connectivity index (χ0v) is 9.00. The van der Waals surface area contributed by atoms with E-state index in [0.29, 0.717) is 11.4 Å². The predicted molar refractivity (Wildman–Crippen MR) is 65.3 cm³/mol. The summed E-state index contributed by atoms with van der Waals surface area (Å²) in [5.41, 5.74) is 8.64. The van der Waals surface area contributed by atoms with Crippen molar-refractivity contribution in [2.75, 3.05) is 11.1 Å². The third-order valence-corrected chi connectivity index (χ3v) is 2.35. The lowest BCUT2D eigenvalue weighted by Gasteiger charge is -2.10. The number of rotatable bonds is 2. The second-order valence-electron chi connectivity index (χ2n) is 3.70. The maximum Gasteiger partial charge on any atom is 0.146 e. The Morgan fingerprint density at radius 1 is 1.06 bits per heavy atom. The van der Waals surface area contributed by atoms with Gasteiger partial charge in [-0.1, -0.05) is 18.2 Å². The number of para-hydroxylation sites is 1. The number of anilines is 3. The molecule has 0 bridgehead atoms. The van der Waals surface area contributed by atoms with Gasteiger partial charge in [0.05, 0.1) is 17.1 Å². The van der Waals surface area contributed by atoms with Gasteiger partial charge in [-0.2, -0.15) is 0 Å². The van der Waals surface area contributed by atoms with Gasteiger partial charge in [-0.25, -0.2) is 4.39 Å². The third kappa shape index (κ3) is 2.14. The summed E-state index contributed by atoms with van der Waals surface area (Å²) in [6.45, 7) is 1.96. The SMILES string of the molecule is Cc1ccc(N)c(Nc2ccccc2F)c1. The zero-order valence-electron chi connectivity index (χ0n) is 9.00. The molecule has 0 radical (unpaired) electrons. The lowest BCUT2D eigenvalue weighted by Crippen LogP contribution is -1.98. The van der Waals surface area contributed by atoms with Gasteiger partial charge in [0.15, 0.2) is 0 Å². The Hall–Kier alpha value is -2.03. The van der Waals surface area contributed by atoms with Crippen LogP contribution in [0.4, 0.5) is 21.5 Å². The van der Waals surface area contributed by atoms with Crippen LogP contribution < -0.4 is 11.1 Å². The van der Waals surface area contributed by atoms with Crippen molar-refractivity contribution in [1.82, 2.24) is 0 Å². The van der Waals surface area contributed by atoms with Crippen molar-refractivity contribution in [2.45, 2.75) is 6.92 Å². The summed E-state index contributed by atoms with van der Waals surface area (Å²) in [5.74, 6) is -0.289. The first kappa shape index (κ1) is 10.5. The molecule has 0 atom stereocenters. The molecule has 0 aromatic heterocycles. The van der Waals surface area contributed by atoms with Gasteiger partial charge in [-0.3, -0.25) is 0 Å². The monoisotopic (exact) mass is 216 g/mol. The second kappa shape index (κ2) is 4.23. The normalized spacial score (nSPS) is 10.1. The fraction of sp³-hybridized carbons (Fsp3) is 0.0769. The van der Waals surface area contributed by atoms with Gasteiger partial charge in [0.25, 0.3) is 0 Å². The molecule has 0 aliphatic heterocycles. The van der Waals surface area contributed by atoms with Gasteiger partial charge in [0.2, 0.25) is 0 Å². The highest BCUT2D eigenvalue weighted by Gasteiger charge is 2.03. The van der Waals surface area contributed by atoms with Crippen molar-refractivity contribution in [2.24, 2.45) is 0 Å². The Labute approximate surface area is 93.9 Å². The Balaban J connectivity index is 2.34. The lowest BCUT2D eigenvalue weighted by molar-refractivity contribution is 0.632. The minimum absolute atomic E-state index is 0.289. The van der Waals surface area contributed by atoms with Gasteiger partial charge in [-0.15, -0.1) is 0 Å². The number of benzene rings is 2. The molecule has 16 heavy (non-hydrogen) atoms. The van der Waals surface area contributed by atoms with Crippen molar-refractivity contribution in [3.8, 4) is 0 Å². The topological polar surface area (TPSA) is 38.0 Å². The summed E-state index contributed by atoms with van der Waals surface area (Å²) in [7, 11) is 0. The van der Waals surface area contributed by atoms with E-state index < -0.39 is 0 Å². The van der Waals surface area contributed by atoms with Crippen molar-refractivity contribution in [3.63, 3.8) is 0 Å². The van der Waals surface area contributed by atoms with E-state index in [1.54, 1.807) is 24.3 Å². The molecule has 0 spiro atoms. The standard InChI is InChI=1S/C13H13FN2/c1-9-6-7-11(15)13(8-9)16-12-5-3-2-4-10(12)14/h2-8,16H,15H2,1H3. The highest BCUT2D eigenvalue weighted by Crippen LogP contribution is 2.25. The molecule has 82 valence electrons. The Morgan fingerprint density at radius 3 is 2.56 bits per heavy atom. The van der Waals surface area contributed by atoms with E-state index >= 15 is 0 Å². The smallest absolute Gasteiger partial charge is 0.146 e. The average molecular weight is 216 g/mol. The Bertz CT molecular complexity index is 509. The van der Waals surface area contributed by atoms with E-state index in [1.165, 1.54) is 6.07 Å². The fourth-order valence-electron chi connectivity index (χ4n) is 1.49. The van der Waals surface area contributed by atoms with Crippen molar-refractivity contribution >= 4 is 17.1 Å². The van der Waals surface area contributed by atoms with Gasteiger partial charge in [-0.05, 0) is 36.8 Å². The quantitative estimate of drug-likeness (QED) is 0.754. The van der Waals surface area contributed by atoms with E-state index in [1.807, 2.05) is 19.1 Å². The fourth-order valence-corrected chi connectivity index (χ4v) is 1.49. The minimum atomic E-state index is -0.289. The highest BCUT2D eigenvalue weighted by molar-refractivity contribution is 5.73. The molecule has 0 saturated carbocycles. The number of nitrogens with one attached hydrogen (secondary N) is 1. The molecule has 2 rings (SSSR count). The summed E-state index contributed by atoms with van der Waals surface area (Å²) >= 11 is 0. The lowest BCUT2D eigenvalue weighted by atomic mass is 10.2. The number of hydrogen-bond donors (Lipinski definition) is 2. The molecule has 0 unspecified atom stereocenters. The Kier molecular flexibility index (Phi) is 2.77. The molecular formula is C13H13FN2. The van der Waals surface area contributed by atoms with E-state index in [4.69, 9.17) is 5.73 Å². The summed E-state index contributed by atoms with van der Waals surface area (Å²) in [6.07, 6.45) is 0. The Morgan fingerprint density at radius 2 is 1.81 bits per heavy atom. The van der Waals surface area contributed by atoms with Crippen LogP contribution in [0.5, 0.6) is 0 Å². The molecule has 3 heteroatoms. The zero-order chi connectivity index (χ0) is 11.5. The molecule has 0 fully saturated rings. The predicted octanol–water partition coefficient (Wildman–Crippen LogP) is 3.46. The van der Waals surface area contributed by atoms with Crippen molar-refractivity contribution in [1.29, 1.82) is 0 Å². The largest absolute Gasteiger partial charge is 0.397 e. The molecule has 0 aliphatic carbocycles. The van der Waals surface area contributed by atoms with Gasteiger partial charge in [0, 0.05) is 0 Å². The van der Waals surface area contributed by atoms with Crippen LogP contribution in [0.3, 0.4) is 0 Å². The molecule has 0 aliphatic rings. The summed E-state index contributed by atoms with van der Waals surface area (Å²) in [6, 6.07) is 12.1. The van der Waals surface area contributed by atoms with Crippen LogP contribution >= 0.6 is 0 Å². The van der Waals surface area contributed by atoms with Crippen LogP contribution in [0, 0.1) is 12.7 Å². The van der Waals surface area contributed by atoms with Crippen LogP contribution in [0.2, 0.25) is 0 Å². The van der Waals surface area contributed by atoms with Crippen LogP contribution in [0.1, 0.15) is 5.56 Å². The number of halogens is 1. The minimum Gasteiger partial charge on any atom is -0.397 e. The van der Waals surface area contributed by atoms with Crippen LogP contribution in [-0.2, 0) is 0 Å².